The van der Waals surface area contributed by atoms with E-state index in [1.165, 1.54) is 24.5 Å². The predicted molar refractivity (Wildman–Crippen MR) is 62.5 cm³/mol. The van der Waals surface area contributed by atoms with Crippen LogP contribution in [0.25, 0.3) is 0 Å². The molecular weight excluding hydrogens is 275 g/mol. The van der Waals surface area contributed by atoms with E-state index < -0.39 is 23.6 Å². The van der Waals surface area contributed by atoms with Gasteiger partial charge < -0.3 is 9.84 Å². The summed E-state index contributed by atoms with van der Waals surface area (Å²) in [6.07, 6.45) is -2.10. The van der Waals surface area contributed by atoms with Crippen molar-refractivity contribution in [3.05, 3.63) is 53.9 Å². The van der Waals surface area contributed by atoms with Gasteiger partial charge in [-0.25, -0.2) is 0 Å². The van der Waals surface area contributed by atoms with Gasteiger partial charge in [0.1, 0.15) is 11.5 Å². The van der Waals surface area contributed by atoms with Crippen molar-refractivity contribution in [2.24, 2.45) is 0 Å². The van der Waals surface area contributed by atoms with E-state index in [0.717, 1.165) is 18.2 Å². The lowest BCUT2D eigenvalue weighted by atomic mass is 10.0. The molecule has 1 aromatic heterocycles. The molecule has 0 saturated heterocycles. The topological polar surface area (TPSA) is 59.4 Å². The number of hydrogen-bond acceptors (Lipinski definition) is 4. The second-order valence-corrected chi connectivity index (χ2v) is 3.80. The van der Waals surface area contributed by atoms with Crippen LogP contribution in [0.2, 0.25) is 0 Å². The molecule has 0 aliphatic rings. The van der Waals surface area contributed by atoms with E-state index in [0.29, 0.717) is 0 Å². The van der Waals surface area contributed by atoms with Gasteiger partial charge in [-0.1, -0.05) is 0 Å². The molecule has 0 saturated carbocycles. The van der Waals surface area contributed by atoms with Gasteiger partial charge >= 0.3 is 6.36 Å². The number of nitrogens with zero attached hydrogens (tertiary/aromatic N) is 1. The van der Waals surface area contributed by atoms with E-state index in [-0.39, 0.29) is 11.1 Å². The largest absolute Gasteiger partial charge is 0.573 e. The average molecular weight is 283 g/mol. The molecule has 0 unspecified atom stereocenters. The average Bonchev–Trinajstić information content (AvgIpc) is 2.37. The molecule has 0 aliphatic heterocycles. The van der Waals surface area contributed by atoms with Crippen molar-refractivity contribution in [3.63, 3.8) is 0 Å². The maximum atomic E-state index is 12.0. The summed E-state index contributed by atoms with van der Waals surface area (Å²) in [6.45, 7) is 0. The maximum absolute atomic E-state index is 12.0. The van der Waals surface area contributed by atoms with Crippen LogP contribution < -0.4 is 4.74 Å². The van der Waals surface area contributed by atoms with Crippen LogP contribution in [-0.2, 0) is 0 Å². The van der Waals surface area contributed by atoms with E-state index in [1.54, 1.807) is 0 Å². The van der Waals surface area contributed by atoms with E-state index in [4.69, 9.17) is 0 Å². The number of carbonyl (C=O) groups is 1. The molecule has 0 aliphatic carbocycles. The van der Waals surface area contributed by atoms with Gasteiger partial charge in [-0.05, 0) is 24.3 Å². The summed E-state index contributed by atoms with van der Waals surface area (Å²) >= 11 is 0. The molecule has 4 nitrogen and oxygen atoms in total. The van der Waals surface area contributed by atoms with Gasteiger partial charge in [0.25, 0.3) is 0 Å². The smallest absolute Gasteiger partial charge is 0.507 e. The van der Waals surface area contributed by atoms with Crippen molar-refractivity contribution < 1.29 is 27.8 Å². The third kappa shape index (κ3) is 3.25. The Morgan fingerprint density at radius 1 is 1.25 bits per heavy atom. The van der Waals surface area contributed by atoms with Crippen molar-refractivity contribution in [1.82, 2.24) is 4.98 Å². The third-order valence-electron chi connectivity index (χ3n) is 2.37. The monoisotopic (exact) mass is 283 g/mol. The molecule has 104 valence electrons. The number of halogens is 3. The minimum Gasteiger partial charge on any atom is -0.507 e. The van der Waals surface area contributed by atoms with E-state index in [9.17, 15) is 23.1 Å². The van der Waals surface area contributed by atoms with Gasteiger partial charge in [0, 0.05) is 24.0 Å². The Morgan fingerprint density at radius 2 is 2.00 bits per heavy atom. The van der Waals surface area contributed by atoms with Gasteiger partial charge in [-0.2, -0.15) is 0 Å². The first-order valence-electron chi connectivity index (χ1n) is 5.40. The van der Waals surface area contributed by atoms with Gasteiger partial charge in [0.2, 0.25) is 0 Å². The highest BCUT2D eigenvalue weighted by molar-refractivity contribution is 6.10. The Bertz CT molecular complexity index is 627. The molecule has 7 heteroatoms. The molecule has 0 atom stereocenters. The molecule has 0 amide bonds. The van der Waals surface area contributed by atoms with Gasteiger partial charge in [-0.3, -0.25) is 9.78 Å². The first-order chi connectivity index (χ1) is 9.37. The zero-order valence-electron chi connectivity index (χ0n) is 9.89. The van der Waals surface area contributed by atoms with Crippen molar-refractivity contribution in [3.8, 4) is 11.5 Å². The number of ether oxygens (including phenoxy) is 1. The summed E-state index contributed by atoms with van der Waals surface area (Å²) in [5, 5.41) is 9.63. The number of benzene rings is 1. The zero-order valence-corrected chi connectivity index (χ0v) is 9.89. The minimum absolute atomic E-state index is 0.132. The van der Waals surface area contributed by atoms with Crippen LogP contribution in [0, 0.1) is 0 Å². The van der Waals surface area contributed by atoms with Crippen molar-refractivity contribution >= 4 is 5.78 Å². The highest BCUT2D eigenvalue weighted by Gasteiger charge is 2.31. The third-order valence-corrected chi connectivity index (χ3v) is 2.37. The van der Waals surface area contributed by atoms with E-state index >= 15 is 0 Å². The lowest BCUT2D eigenvalue weighted by Gasteiger charge is -2.10. The fourth-order valence-electron chi connectivity index (χ4n) is 1.55. The quantitative estimate of drug-likeness (QED) is 0.880. The highest BCUT2D eigenvalue weighted by atomic mass is 19.4. The summed E-state index contributed by atoms with van der Waals surface area (Å²) in [4.78, 5) is 15.8. The molecule has 0 radical (unpaired) electrons. The van der Waals surface area contributed by atoms with E-state index in [1.807, 2.05) is 0 Å². The van der Waals surface area contributed by atoms with Gasteiger partial charge in [-0.15, -0.1) is 13.2 Å². The fourth-order valence-corrected chi connectivity index (χ4v) is 1.55. The number of pyridine rings is 1. The number of hydrogen-bond donors (Lipinski definition) is 1. The van der Waals surface area contributed by atoms with Gasteiger partial charge in [0.15, 0.2) is 5.78 Å². The fraction of sp³-hybridized carbons (Fsp3) is 0.0769. The molecule has 1 N–H and O–H groups in total. The van der Waals surface area contributed by atoms with Crippen molar-refractivity contribution in [1.29, 1.82) is 0 Å². The molecule has 0 spiro atoms. The predicted octanol–water partition coefficient (Wildman–Crippen LogP) is 2.92. The minimum atomic E-state index is -4.86. The van der Waals surface area contributed by atoms with Crippen LogP contribution in [0.5, 0.6) is 11.5 Å². The molecule has 20 heavy (non-hydrogen) atoms. The van der Waals surface area contributed by atoms with Crippen LogP contribution in [-0.4, -0.2) is 22.2 Å². The summed E-state index contributed by atoms with van der Waals surface area (Å²) < 4.78 is 39.7. The van der Waals surface area contributed by atoms with Crippen LogP contribution in [0.4, 0.5) is 13.2 Å². The number of alkyl halides is 3. The highest BCUT2D eigenvalue weighted by Crippen LogP contribution is 2.29. The number of carbonyl (C=O) groups excluding carboxylic acids is 1. The Kier molecular flexibility index (Phi) is 3.60. The first kappa shape index (κ1) is 13.9. The first-order valence-corrected chi connectivity index (χ1v) is 5.40. The summed E-state index contributed by atoms with van der Waals surface area (Å²) in [5.74, 6) is -1.74. The molecule has 1 heterocycles. The lowest BCUT2D eigenvalue weighted by molar-refractivity contribution is -0.274. The number of rotatable bonds is 3. The maximum Gasteiger partial charge on any atom is 0.573 e. The van der Waals surface area contributed by atoms with Crippen molar-refractivity contribution in [2.45, 2.75) is 6.36 Å². The molecule has 2 aromatic rings. The van der Waals surface area contributed by atoms with Crippen LogP contribution in [0.15, 0.2) is 42.7 Å². The summed E-state index contributed by atoms with van der Waals surface area (Å²) in [5.41, 5.74) is 0.0832. The Morgan fingerprint density at radius 3 is 2.55 bits per heavy atom. The molecule has 2 rings (SSSR count). The second kappa shape index (κ2) is 5.20. The molecule has 1 aromatic carbocycles. The standard InChI is InChI=1S/C13H8F3NO3/c14-13(15,16)20-9-3-4-10(11(18)6-9)12(19)8-2-1-5-17-7-8/h1-7,18H. The number of aromatic nitrogens is 1. The summed E-state index contributed by atoms with van der Waals surface area (Å²) in [7, 11) is 0. The van der Waals surface area contributed by atoms with E-state index in [2.05, 4.69) is 9.72 Å². The Hall–Kier alpha value is -2.57. The Labute approximate surface area is 111 Å². The number of ketones is 1. The molecule has 0 bridgehead atoms. The lowest BCUT2D eigenvalue weighted by Crippen LogP contribution is -2.17. The molecule has 0 fully saturated rings. The summed E-state index contributed by atoms with van der Waals surface area (Å²) in [6, 6.07) is 5.76. The SMILES string of the molecule is O=C(c1cccnc1)c1ccc(OC(F)(F)F)cc1O. The van der Waals surface area contributed by atoms with Crippen LogP contribution in [0.1, 0.15) is 15.9 Å². The zero-order chi connectivity index (χ0) is 14.8. The van der Waals surface area contributed by atoms with Gasteiger partial charge in [0.05, 0.1) is 5.56 Å². The molecular formula is C13H8F3NO3. The second-order valence-electron chi connectivity index (χ2n) is 3.80. The van der Waals surface area contributed by atoms with Crippen LogP contribution in [0.3, 0.4) is 0 Å². The number of phenols is 1. The van der Waals surface area contributed by atoms with Crippen LogP contribution >= 0.6 is 0 Å². The normalized spacial score (nSPS) is 11.2. The number of phenolic OH excluding ortho intramolecular Hbond substituents is 1. The Balaban J connectivity index is 2.29. The number of aromatic hydroxyl groups is 1. The van der Waals surface area contributed by atoms with Crippen molar-refractivity contribution in [2.75, 3.05) is 0 Å².